The van der Waals surface area contributed by atoms with Crippen LogP contribution in [0.5, 0.6) is 0 Å². The Morgan fingerprint density at radius 1 is 1.11 bits per heavy atom. The molecule has 0 saturated carbocycles. The second kappa shape index (κ2) is 4.41. The van der Waals surface area contributed by atoms with Crippen molar-refractivity contribution in [3.05, 3.63) is 60.3 Å². The van der Waals surface area contributed by atoms with Crippen molar-refractivity contribution in [2.75, 3.05) is 11.2 Å². The predicted octanol–water partition coefficient (Wildman–Crippen LogP) is 2.36. The van der Waals surface area contributed by atoms with E-state index < -0.39 is 0 Å². The van der Waals surface area contributed by atoms with E-state index in [0.717, 1.165) is 23.1 Å². The maximum Gasteiger partial charge on any atom is 0.0919 e. The van der Waals surface area contributed by atoms with Crippen molar-refractivity contribution < 1.29 is 0 Å². The Morgan fingerprint density at radius 2 is 1.94 bits per heavy atom. The molecule has 3 rings (SSSR count). The van der Waals surface area contributed by atoms with Crippen LogP contribution in [0.25, 0.3) is 10.9 Å². The summed E-state index contributed by atoms with van der Waals surface area (Å²) in [5.74, 6) is 0. The first-order valence-corrected chi connectivity index (χ1v) is 5.84. The molecule has 1 aromatic heterocycles. The lowest BCUT2D eigenvalue weighted by molar-refractivity contribution is 0.756. The highest BCUT2D eigenvalue weighted by atomic mass is 15.5. The molecule has 0 spiro atoms. The zero-order valence-corrected chi connectivity index (χ0v) is 9.88. The summed E-state index contributed by atoms with van der Waals surface area (Å²) in [5, 5.41) is 5.34. The highest BCUT2D eigenvalue weighted by molar-refractivity contribution is 5.82. The Labute approximate surface area is 105 Å². The standard InChI is InChI=1S/C14H14N4/c15-13-6-7-14-12(8-13)10-17-18(14)16-9-11-4-2-1-3-5-11/h1-8,10,16H,9,15H2. The van der Waals surface area contributed by atoms with E-state index in [0.29, 0.717) is 0 Å². The molecule has 18 heavy (non-hydrogen) atoms. The lowest BCUT2D eigenvalue weighted by Crippen LogP contribution is -2.15. The Kier molecular flexibility index (Phi) is 2.61. The number of fused-ring (bicyclic) bond motifs is 1. The highest BCUT2D eigenvalue weighted by Gasteiger charge is 2.02. The number of benzene rings is 2. The first-order chi connectivity index (χ1) is 8.83. The van der Waals surface area contributed by atoms with Gasteiger partial charge in [0, 0.05) is 11.1 Å². The van der Waals surface area contributed by atoms with Gasteiger partial charge < -0.3 is 11.2 Å². The molecule has 90 valence electrons. The molecule has 0 aliphatic rings. The van der Waals surface area contributed by atoms with Gasteiger partial charge >= 0.3 is 0 Å². The molecule has 4 nitrogen and oxygen atoms in total. The smallest absolute Gasteiger partial charge is 0.0919 e. The lowest BCUT2D eigenvalue weighted by atomic mass is 10.2. The van der Waals surface area contributed by atoms with Crippen molar-refractivity contribution in [3.8, 4) is 0 Å². The van der Waals surface area contributed by atoms with Crippen LogP contribution in [0.3, 0.4) is 0 Å². The van der Waals surface area contributed by atoms with Crippen LogP contribution in [0, 0.1) is 0 Å². The number of hydrogen-bond acceptors (Lipinski definition) is 3. The Balaban J connectivity index is 1.83. The van der Waals surface area contributed by atoms with Gasteiger partial charge in [-0.05, 0) is 23.8 Å². The topological polar surface area (TPSA) is 55.9 Å². The van der Waals surface area contributed by atoms with Gasteiger partial charge in [0.1, 0.15) is 0 Å². The van der Waals surface area contributed by atoms with Gasteiger partial charge in [-0.2, -0.15) is 9.89 Å². The van der Waals surface area contributed by atoms with Gasteiger partial charge in [0.05, 0.1) is 18.3 Å². The molecule has 3 N–H and O–H groups in total. The largest absolute Gasteiger partial charge is 0.399 e. The summed E-state index contributed by atoms with van der Waals surface area (Å²) in [7, 11) is 0. The molecule has 0 radical (unpaired) electrons. The van der Waals surface area contributed by atoms with Gasteiger partial charge in [-0.1, -0.05) is 30.3 Å². The molecule has 0 unspecified atom stereocenters. The third-order valence-corrected chi connectivity index (χ3v) is 2.87. The number of nitrogens with two attached hydrogens (primary N) is 1. The Morgan fingerprint density at radius 3 is 2.78 bits per heavy atom. The summed E-state index contributed by atoms with van der Waals surface area (Å²) >= 11 is 0. The van der Waals surface area contributed by atoms with Gasteiger partial charge in [0.2, 0.25) is 0 Å². The molecule has 0 saturated heterocycles. The van der Waals surface area contributed by atoms with Crippen molar-refractivity contribution >= 4 is 16.6 Å². The fourth-order valence-electron chi connectivity index (χ4n) is 1.94. The number of hydrogen-bond donors (Lipinski definition) is 2. The number of nitrogens with zero attached hydrogens (tertiary/aromatic N) is 2. The van der Waals surface area contributed by atoms with Gasteiger partial charge in [0.25, 0.3) is 0 Å². The van der Waals surface area contributed by atoms with E-state index in [-0.39, 0.29) is 0 Å². The van der Waals surface area contributed by atoms with E-state index in [1.54, 1.807) is 4.79 Å². The second-order valence-corrected chi connectivity index (χ2v) is 4.20. The van der Waals surface area contributed by atoms with E-state index >= 15 is 0 Å². The molecule has 1 heterocycles. The average molecular weight is 238 g/mol. The van der Waals surface area contributed by atoms with Gasteiger partial charge in [-0.25, -0.2) is 0 Å². The second-order valence-electron chi connectivity index (χ2n) is 4.20. The van der Waals surface area contributed by atoms with Crippen LogP contribution in [-0.2, 0) is 6.54 Å². The molecule has 0 bridgehead atoms. The number of aromatic nitrogens is 2. The van der Waals surface area contributed by atoms with Crippen LogP contribution in [0.15, 0.2) is 54.7 Å². The van der Waals surface area contributed by atoms with Gasteiger partial charge in [-0.15, -0.1) is 0 Å². The molecular weight excluding hydrogens is 224 g/mol. The van der Waals surface area contributed by atoms with Crippen LogP contribution in [0.4, 0.5) is 5.69 Å². The third kappa shape index (κ3) is 2.00. The summed E-state index contributed by atoms with van der Waals surface area (Å²) in [4.78, 5) is 1.78. The van der Waals surface area contributed by atoms with Crippen molar-refractivity contribution in [1.29, 1.82) is 0 Å². The molecule has 0 fully saturated rings. The summed E-state index contributed by atoms with van der Waals surface area (Å²) in [5.41, 5.74) is 12.0. The molecule has 0 aliphatic heterocycles. The first-order valence-electron chi connectivity index (χ1n) is 5.84. The van der Waals surface area contributed by atoms with E-state index in [2.05, 4.69) is 22.7 Å². The van der Waals surface area contributed by atoms with E-state index in [1.807, 2.05) is 42.6 Å². The average Bonchev–Trinajstić information content (AvgIpc) is 2.80. The van der Waals surface area contributed by atoms with E-state index in [1.165, 1.54) is 5.56 Å². The third-order valence-electron chi connectivity index (χ3n) is 2.87. The van der Waals surface area contributed by atoms with E-state index in [4.69, 9.17) is 5.73 Å². The normalized spacial score (nSPS) is 10.7. The van der Waals surface area contributed by atoms with Crippen molar-refractivity contribution in [1.82, 2.24) is 9.89 Å². The number of nitrogens with one attached hydrogen (secondary N) is 1. The van der Waals surface area contributed by atoms with Crippen LogP contribution in [0.1, 0.15) is 5.56 Å². The van der Waals surface area contributed by atoms with Crippen LogP contribution in [-0.4, -0.2) is 9.89 Å². The fraction of sp³-hybridized carbons (Fsp3) is 0.0714. The lowest BCUT2D eigenvalue weighted by Gasteiger charge is -2.07. The minimum atomic E-state index is 0.738. The van der Waals surface area contributed by atoms with Crippen molar-refractivity contribution in [2.24, 2.45) is 0 Å². The summed E-state index contributed by atoms with van der Waals surface area (Å²) in [6.07, 6.45) is 1.81. The maximum atomic E-state index is 5.74. The molecule has 0 atom stereocenters. The quantitative estimate of drug-likeness (QED) is 0.689. The highest BCUT2D eigenvalue weighted by Crippen LogP contribution is 2.16. The minimum Gasteiger partial charge on any atom is -0.399 e. The summed E-state index contributed by atoms with van der Waals surface area (Å²) in [6.45, 7) is 0.738. The molecule has 0 amide bonds. The van der Waals surface area contributed by atoms with Crippen LogP contribution in [0.2, 0.25) is 0 Å². The number of rotatable bonds is 3. The predicted molar refractivity (Wildman–Crippen MR) is 73.7 cm³/mol. The molecular formula is C14H14N4. The minimum absolute atomic E-state index is 0.738. The zero-order chi connectivity index (χ0) is 12.4. The fourth-order valence-corrected chi connectivity index (χ4v) is 1.94. The molecule has 0 aliphatic carbocycles. The van der Waals surface area contributed by atoms with Crippen LogP contribution < -0.4 is 11.2 Å². The van der Waals surface area contributed by atoms with Gasteiger partial charge in [-0.3, -0.25) is 0 Å². The van der Waals surface area contributed by atoms with Crippen molar-refractivity contribution in [2.45, 2.75) is 6.54 Å². The molecule has 3 aromatic rings. The van der Waals surface area contributed by atoms with E-state index in [9.17, 15) is 0 Å². The zero-order valence-electron chi connectivity index (χ0n) is 9.88. The Bertz CT molecular complexity index is 658. The molecule has 4 heteroatoms. The maximum absolute atomic E-state index is 5.74. The summed E-state index contributed by atoms with van der Waals surface area (Å²) in [6, 6.07) is 16.0. The Hall–Kier alpha value is -2.49. The monoisotopic (exact) mass is 238 g/mol. The number of anilines is 1. The van der Waals surface area contributed by atoms with Crippen LogP contribution >= 0.6 is 0 Å². The number of nitrogen functional groups attached to an aromatic ring is 1. The van der Waals surface area contributed by atoms with Gasteiger partial charge in [0.15, 0.2) is 0 Å². The summed E-state index contributed by atoms with van der Waals surface area (Å²) < 4.78 is 0. The van der Waals surface area contributed by atoms with Crippen molar-refractivity contribution in [3.63, 3.8) is 0 Å². The molecule has 2 aromatic carbocycles. The SMILES string of the molecule is Nc1ccc2c(cnn2NCc2ccccc2)c1. The first kappa shape index (κ1) is 10.7.